The van der Waals surface area contributed by atoms with Crippen LogP contribution in [-0.4, -0.2) is 46.9 Å². The normalized spacial score (nSPS) is 25.2. The number of carbonyl (C=O) groups is 2. The SMILES string of the molecule is CC(C)(C)OC(=O)C(O)C1OC(C)(C)CNC1=O. The second-order valence-electron chi connectivity index (χ2n) is 5.99. The van der Waals surface area contributed by atoms with Gasteiger partial charge in [-0.3, -0.25) is 4.79 Å². The van der Waals surface area contributed by atoms with Gasteiger partial charge in [0.2, 0.25) is 0 Å². The highest BCUT2D eigenvalue weighted by Gasteiger charge is 2.42. The number of ether oxygens (including phenoxy) is 2. The van der Waals surface area contributed by atoms with Crippen molar-refractivity contribution in [3.8, 4) is 0 Å². The molecule has 2 atom stereocenters. The fraction of sp³-hybridized carbons (Fsp3) is 0.833. The molecule has 1 aliphatic rings. The number of esters is 1. The molecule has 104 valence electrons. The number of carbonyl (C=O) groups excluding carboxylic acids is 2. The number of aliphatic hydroxyl groups excluding tert-OH is 1. The fourth-order valence-corrected chi connectivity index (χ4v) is 1.53. The van der Waals surface area contributed by atoms with Gasteiger partial charge >= 0.3 is 5.97 Å². The molecule has 1 saturated heterocycles. The van der Waals surface area contributed by atoms with E-state index in [1.165, 1.54) is 0 Å². The van der Waals surface area contributed by atoms with Crippen LogP contribution in [0.4, 0.5) is 0 Å². The summed E-state index contributed by atoms with van der Waals surface area (Å²) in [4.78, 5) is 23.3. The van der Waals surface area contributed by atoms with E-state index in [0.717, 1.165) is 0 Å². The van der Waals surface area contributed by atoms with E-state index in [2.05, 4.69) is 5.32 Å². The Labute approximate surface area is 107 Å². The Balaban J connectivity index is 2.73. The molecule has 1 fully saturated rings. The van der Waals surface area contributed by atoms with E-state index >= 15 is 0 Å². The molecule has 0 bridgehead atoms. The van der Waals surface area contributed by atoms with E-state index in [9.17, 15) is 14.7 Å². The van der Waals surface area contributed by atoms with Gasteiger partial charge in [0.25, 0.3) is 5.91 Å². The Morgan fingerprint density at radius 1 is 1.56 bits per heavy atom. The number of rotatable bonds is 2. The minimum absolute atomic E-state index is 0.337. The molecular weight excluding hydrogens is 238 g/mol. The van der Waals surface area contributed by atoms with E-state index in [-0.39, 0.29) is 0 Å². The van der Waals surface area contributed by atoms with Crippen molar-refractivity contribution in [2.24, 2.45) is 0 Å². The number of hydrogen-bond donors (Lipinski definition) is 2. The molecule has 0 saturated carbocycles. The summed E-state index contributed by atoms with van der Waals surface area (Å²) < 4.78 is 10.4. The molecule has 0 aromatic carbocycles. The van der Waals surface area contributed by atoms with Crippen molar-refractivity contribution in [3.05, 3.63) is 0 Å². The van der Waals surface area contributed by atoms with Gasteiger partial charge in [0.1, 0.15) is 5.60 Å². The van der Waals surface area contributed by atoms with Crippen LogP contribution in [0.2, 0.25) is 0 Å². The number of hydrogen-bond acceptors (Lipinski definition) is 5. The molecule has 0 spiro atoms. The van der Waals surface area contributed by atoms with Crippen LogP contribution in [0.3, 0.4) is 0 Å². The summed E-state index contributed by atoms with van der Waals surface area (Å²) >= 11 is 0. The van der Waals surface area contributed by atoms with Crippen molar-refractivity contribution < 1.29 is 24.2 Å². The van der Waals surface area contributed by atoms with Gasteiger partial charge in [0.05, 0.1) is 5.60 Å². The molecule has 18 heavy (non-hydrogen) atoms. The Morgan fingerprint density at radius 2 is 2.11 bits per heavy atom. The summed E-state index contributed by atoms with van der Waals surface area (Å²) in [6.45, 7) is 8.92. The van der Waals surface area contributed by atoms with Crippen molar-refractivity contribution in [2.75, 3.05) is 6.54 Å². The van der Waals surface area contributed by atoms with Crippen LogP contribution in [0.1, 0.15) is 34.6 Å². The third-order valence-corrected chi connectivity index (χ3v) is 2.33. The predicted molar refractivity (Wildman–Crippen MR) is 63.8 cm³/mol. The van der Waals surface area contributed by atoms with E-state index in [1.54, 1.807) is 34.6 Å². The maximum absolute atomic E-state index is 11.7. The minimum atomic E-state index is -1.62. The summed E-state index contributed by atoms with van der Waals surface area (Å²) in [5.41, 5.74) is -1.35. The largest absolute Gasteiger partial charge is 0.458 e. The summed E-state index contributed by atoms with van der Waals surface area (Å²) in [6, 6.07) is 0. The molecular formula is C12H21NO5. The van der Waals surface area contributed by atoms with Crippen LogP contribution in [0.25, 0.3) is 0 Å². The molecule has 0 aromatic heterocycles. The Morgan fingerprint density at radius 3 is 2.61 bits per heavy atom. The molecule has 1 aliphatic heterocycles. The standard InChI is InChI=1S/C12H21NO5/c1-11(2,3)18-10(16)7(14)8-9(15)13-6-12(4,5)17-8/h7-8,14H,6H2,1-5H3,(H,13,15). The second-order valence-corrected chi connectivity index (χ2v) is 5.99. The molecule has 2 unspecified atom stereocenters. The van der Waals surface area contributed by atoms with Crippen LogP contribution >= 0.6 is 0 Å². The lowest BCUT2D eigenvalue weighted by atomic mass is 10.0. The lowest BCUT2D eigenvalue weighted by Gasteiger charge is -2.37. The van der Waals surface area contributed by atoms with E-state index in [0.29, 0.717) is 6.54 Å². The fourth-order valence-electron chi connectivity index (χ4n) is 1.53. The monoisotopic (exact) mass is 259 g/mol. The summed E-state index contributed by atoms with van der Waals surface area (Å²) in [7, 11) is 0. The van der Waals surface area contributed by atoms with Gasteiger partial charge in [-0.05, 0) is 34.6 Å². The van der Waals surface area contributed by atoms with Crippen LogP contribution in [0.15, 0.2) is 0 Å². The minimum Gasteiger partial charge on any atom is -0.458 e. The third-order valence-electron chi connectivity index (χ3n) is 2.33. The number of nitrogens with one attached hydrogen (secondary N) is 1. The zero-order valence-corrected chi connectivity index (χ0v) is 11.4. The van der Waals surface area contributed by atoms with Gasteiger partial charge < -0.3 is 19.9 Å². The van der Waals surface area contributed by atoms with Gasteiger partial charge in [-0.25, -0.2) is 4.79 Å². The number of aliphatic hydroxyl groups is 1. The van der Waals surface area contributed by atoms with Crippen molar-refractivity contribution >= 4 is 11.9 Å². The predicted octanol–water partition coefficient (Wildman–Crippen LogP) is -0.0174. The van der Waals surface area contributed by atoms with E-state index in [1.807, 2.05) is 0 Å². The highest BCUT2D eigenvalue weighted by Crippen LogP contribution is 2.20. The van der Waals surface area contributed by atoms with Gasteiger partial charge in [-0.2, -0.15) is 0 Å². The number of morpholine rings is 1. The summed E-state index contributed by atoms with van der Waals surface area (Å²) in [5.74, 6) is -1.37. The highest BCUT2D eigenvalue weighted by atomic mass is 16.6. The first-order valence-corrected chi connectivity index (χ1v) is 5.88. The molecule has 0 aliphatic carbocycles. The van der Waals surface area contributed by atoms with Crippen LogP contribution in [-0.2, 0) is 19.1 Å². The summed E-state index contributed by atoms with van der Waals surface area (Å²) in [5, 5.41) is 12.4. The average molecular weight is 259 g/mol. The van der Waals surface area contributed by atoms with Crippen molar-refractivity contribution in [1.82, 2.24) is 5.32 Å². The molecule has 6 heteroatoms. The second kappa shape index (κ2) is 4.85. The van der Waals surface area contributed by atoms with Gasteiger partial charge in [0, 0.05) is 6.54 Å². The quantitative estimate of drug-likeness (QED) is 0.681. The summed E-state index contributed by atoms with van der Waals surface area (Å²) in [6.07, 6.45) is -2.85. The van der Waals surface area contributed by atoms with Crippen molar-refractivity contribution in [2.45, 2.75) is 58.0 Å². The molecule has 2 N–H and O–H groups in total. The maximum Gasteiger partial charge on any atom is 0.338 e. The first-order chi connectivity index (χ1) is 8.02. The smallest absolute Gasteiger partial charge is 0.338 e. The first kappa shape index (κ1) is 14.9. The molecule has 0 radical (unpaired) electrons. The number of amides is 1. The van der Waals surface area contributed by atoms with Crippen LogP contribution in [0, 0.1) is 0 Å². The van der Waals surface area contributed by atoms with E-state index in [4.69, 9.17) is 9.47 Å². The van der Waals surface area contributed by atoms with Gasteiger partial charge in [0.15, 0.2) is 12.2 Å². The average Bonchev–Trinajstić information content (AvgIpc) is 2.18. The highest BCUT2D eigenvalue weighted by molar-refractivity contribution is 5.89. The lowest BCUT2D eigenvalue weighted by Crippen LogP contribution is -2.59. The maximum atomic E-state index is 11.7. The van der Waals surface area contributed by atoms with Gasteiger partial charge in [-0.15, -0.1) is 0 Å². The third kappa shape index (κ3) is 3.96. The zero-order valence-electron chi connectivity index (χ0n) is 11.4. The Kier molecular flexibility index (Phi) is 4.02. The van der Waals surface area contributed by atoms with Crippen molar-refractivity contribution in [3.63, 3.8) is 0 Å². The van der Waals surface area contributed by atoms with Crippen LogP contribution in [0.5, 0.6) is 0 Å². The topological polar surface area (TPSA) is 84.9 Å². The first-order valence-electron chi connectivity index (χ1n) is 5.88. The Bertz CT molecular complexity index is 345. The van der Waals surface area contributed by atoms with Gasteiger partial charge in [-0.1, -0.05) is 0 Å². The van der Waals surface area contributed by atoms with Crippen molar-refractivity contribution in [1.29, 1.82) is 0 Å². The molecule has 1 heterocycles. The van der Waals surface area contributed by atoms with Crippen LogP contribution < -0.4 is 5.32 Å². The lowest BCUT2D eigenvalue weighted by molar-refractivity contribution is -0.191. The molecule has 1 rings (SSSR count). The zero-order chi connectivity index (χ0) is 14.1. The molecule has 1 amide bonds. The Hall–Kier alpha value is -1.14. The molecule has 0 aromatic rings. The van der Waals surface area contributed by atoms with E-state index < -0.39 is 35.3 Å². The molecule has 6 nitrogen and oxygen atoms in total.